The average molecular weight is 2510 g/mol. The molecule has 143 heavy (non-hydrogen) atoms. The lowest BCUT2D eigenvalue weighted by Gasteiger charge is -2.28. The van der Waals surface area contributed by atoms with Crippen molar-refractivity contribution in [3.63, 3.8) is 0 Å². The molecule has 20 rings (SSSR count). The molecule has 754 valence electrons. The molecular formula is C105H112I5N11O22. The largest absolute Gasteiger partial charge is 0.412 e. The van der Waals surface area contributed by atoms with Crippen molar-refractivity contribution < 1.29 is 68.4 Å². The quantitative estimate of drug-likeness (QED) is 0.00865. The van der Waals surface area contributed by atoms with Gasteiger partial charge in [0.05, 0.1) is 114 Å². The number of nitrogens with one attached hydrogen (secondary N) is 5. The summed E-state index contributed by atoms with van der Waals surface area (Å²) >= 11 is 9.26. The maximum atomic E-state index is 13.6. The maximum absolute atomic E-state index is 13.6. The first-order valence-corrected chi connectivity index (χ1v) is 50.9. The number of hydrogen-bond acceptors (Lipinski definition) is 22. The van der Waals surface area contributed by atoms with Crippen LogP contribution in [0.3, 0.4) is 0 Å². The third kappa shape index (κ3) is 27.0. The van der Waals surface area contributed by atoms with Crippen LogP contribution in [-0.2, 0) is 77.7 Å². The van der Waals surface area contributed by atoms with Crippen LogP contribution < -0.4 is 56.9 Å². The third-order valence-electron chi connectivity index (χ3n) is 27.4. The molecule has 0 aliphatic heterocycles. The Morgan fingerprint density at radius 2 is 0.790 bits per heavy atom. The Bertz CT molecular complexity index is 6880. The molecule has 2 amide bonds. The molecule has 0 spiro atoms. The Morgan fingerprint density at radius 3 is 1.20 bits per heavy atom. The van der Waals surface area contributed by atoms with Gasteiger partial charge >= 0.3 is 22.8 Å². The lowest BCUT2D eigenvalue weighted by Crippen LogP contribution is -2.42. The van der Waals surface area contributed by atoms with Crippen LogP contribution >= 0.6 is 113 Å². The second-order valence-corrected chi connectivity index (χ2v) is 41.9. The van der Waals surface area contributed by atoms with E-state index in [9.17, 15) is 72.9 Å². The van der Waals surface area contributed by atoms with Gasteiger partial charge in [-0.2, -0.15) is 4.57 Å². The van der Waals surface area contributed by atoms with Gasteiger partial charge in [-0.3, -0.25) is 62.4 Å². The lowest BCUT2D eigenvalue weighted by molar-refractivity contribution is -0.126. The van der Waals surface area contributed by atoms with Gasteiger partial charge in [-0.25, -0.2) is 19.2 Å². The van der Waals surface area contributed by atoms with Crippen molar-refractivity contribution in [1.29, 1.82) is 0 Å². The number of hydrogen-bond donors (Lipinski definition) is 10. The fraction of sp³-hybridized carbons (Fsp3) is 0.333. The van der Waals surface area contributed by atoms with E-state index >= 15 is 0 Å². The summed E-state index contributed by atoms with van der Waals surface area (Å²) in [4.78, 5) is 155. The number of amides is 2. The minimum Gasteiger partial charge on any atom is -0.412 e. The van der Waals surface area contributed by atoms with Crippen molar-refractivity contribution in [2.75, 3.05) is 26.4 Å². The normalized spacial score (nSPS) is 24.1. The number of primary amides is 1. The molecule has 8 aliphatic carbocycles. The second-order valence-electron chi connectivity index (χ2n) is 36.1. The molecule has 4 heterocycles. The highest BCUT2D eigenvalue weighted by Crippen LogP contribution is 2.70. The molecule has 8 saturated carbocycles. The van der Waals surface area contributed by atoms with Gasteiger partial charge in [-0.1, -0.05) is 238 Å². The van der Waals surface area contributed by atoms with Gasteiger partial charge in [0.25, 0.3) is 45.7 Å². The SMILES string of the molecule is C.N.NC(=O)/C(I)=C\N(C(=O)C(=O)c1ccccc1)[C@H]1C[C@H](OCc2ccccc2)[C@@]2(COCc3ccccc3)C[C@H]12.O.O=C(c1ccccc1)n1c(=O)[nH]cc(I)c1=O.O=c1[nH]c(=O)n([C@H]2C[C@H](O)[C@@]3(CO)C[C@H]23)cc1I.O=c1[nH]c(=O)n([C@H]2C[C@H](OCc3ccccc3)[C@@]3(COCc4ccccc4)C[C@H]23)cc1I.O=c1[nH]cc(I)c(=O)[nH]1.O[C@@H]1C[C@H](OCc2ccccc2)[C@@]2(COCc3ccccc3)C[C@H]12. The predicted octanol–water partition coefficient (Wildman–Crippen LogP) is 12.4. The summed E-state index contributed by atoms with van der Waals surface area (Å²) in [6, 6.07) is 76.8. The molecule has 8 aliphatic rings. The van der Waals surface area contributed by atoms with E-state index in [0.717, 1.165) is 60.8 Å². The third-order valence-corrected chi connectivity index (χ3v) is 31.3. The predicted molar refractivity (Wildman–Crippen MR) is 578 cm³/mol. The number of benzene rings is 8. The molecule has 0 bridgehead atoms. The highest BCUT2D eigenvalue weighted by molar-refractivity contribution is 14.1. The number of carbonyl (C=O) groups is 4. The number of nitrogens with two attached hydrogens (primary N) is 1. The summed E-state index contributed by atoms with van der Waals surface area (Å²) in [6.45, 7) is 4.89. The van der Waals surface area contributed by atoms with Crippen LogP contribution in [0.1, 0.15) is 125 Å². The van der Waals surface area contributed by atoms with Crippen LogP contribution in [-0.4, -0.2) is 151 Å². The van der Waals surface area contributed by atoms with Gasteiger partial charge in [0, 0.05) is 88.3 Å². The van der Waals surface area contributed by atoms with E-state index in [0.29, 0.717) is 111 Å². The fourth-order valence-corrected chi connectivity index (χ4v) is 21.6. The zero-order chi connectivity index (χ0) is 99.0. The number of aromatic nitrogens is 8. The summed E-state index contributed by atoms with van der Waals surface area (Å²) < 4.78 is 43.1. The number of Topliss-reactive ketones (excluding diaryl/α,β-unsaturated/α-hetero) is 1. The van der Waals surface area contributed by atoms with Crippen LogP contribution in [0, 0.1) is 59.6 Å². The fourth-order valence-electron chi connectivity index (χ4n) is 19.7. The monoisotopic (exact) mass is 2510 g/mol. The zero-order valence-corrected chi connectivity index (χ0v) is 87.6. The lowest BCUT2D eigenvalue weighted by atomic mass is 10.0. The van der Waals surface area contributed by atoms with Crippen molar-refractivity contribution in [2.45, 2.75) is 147 Å². The van der Waals surface area contributed by atoms with Crippen molar-refractivity contribution >= 4 is 136 Å². The highest BCUT2D eigenvalue weighted by atomic mass is 127. The molecule has 38 heteroatoms. The molecule has 0 unspecified atom stereocenters. The highest BCUT2D eigenvalue weighted by Gasteiger charge is 2.71. The number of H-pyrrole nitrogens is 5. The summed E-state index contributed by atoms with van der Waals surface area (Å²) in [5.41, 5.74) is 8.39. The van der Waals surface area contributed by atoms with Gasteiger partial charge in [0.15, 0.2) is 0 Å². The number of nitrogens with zero attached hydrogens (tertiary/aromatic N) is 4. The molecule has 0 radical (unpaired) electrons. The van der Waals surface area contributed by atoms with E-state index in [2.05, 4.69) is 73.5 Å². The number of fused-ring (bicyclic) bond motifs is 4. The zero-order valence-electron chi connectivity index (χ0n) is 76.8. The summed E-state index contributed by atoms with van der Waals surface area (Å²) in [5.74, 6) is -1.81. The first-order chi connectivity index (χ1) is 67.5. The van der Waals surface area contributed by atoms with E-state index in [1.165, 1.54) is 45.4 Å². The number of carbonyl (C=O) groups excluding carboxylic acids is 4. The number of ether oxygens (including phenoxy) is 6. The topological polar surface area (TPSA) is 510 Å². The second kappa shape index (κ2) is 50.7. The van der Waals surface area contributed by atoms with Gasteiger partial charge in [-0.05, 0) is 227 Å². The molecule has 4 aromatic heterocycles. The number of rotatable bonds is 30. The maximum Gasteiger partial charge on any atom is 0.335 e. The van der Waals surface area contributed by atoms with Crippen LogP contribution in [0.25, 0.3) is 0 Å². The van der Waals surface area contributed by atoms with E-state index in [1.807, 2.05) is 224 Å². The van der Waals surface area contributed by atoms with E-state index in [4.69, 9.17) is 34.2 Å². The van der Waals surface area contributed by atoms with Gasteiger partial charge < -0.3 is 76.0 Å². The molecule has 16 atom stereocenters. The van der Waals surface area contributed by atoms with Crippen LogP contribution in [0.15, 0.2) is 316 Å². The summed E-state index contributed by atoms with van der Waals surface area (Å²) in [7, 11) is 0. The molecular weight excluding hydrogens is 2400 g/mol. The van der Waals surface area contributed by atoms with Gasteiger partial charge in [0.1, 0.15) is 0 Å². The number of halogens is 5. The molecule has 8 fully saturated rings. The van der Waals surface area contributed by atoms with Crippen molar-refractivity contribution in [3.05, 3.63) is 419 Å². The number of aromatic amines is 5. The van der Waals surface area contributed by atoms with Crippen molar-refractivity contribution in [1.82, 2.24) is 49.7 Å². The average Bonchev–Trinajstić information content (AvgIpc) is 1.49. The number of aliphatic hydroxyl groups is 3. The Kier molecular flexibility index (Phi) is 39.5. The van der Waals surface area contributed by atoms with Crippen molar-refractivity contribution in [3.8, 4) is 0 Å². The molecule has 33 nitrogen and oxygen atoms in total. The minimum atomic E-state index is -0.732. The van der Waals surface area contributed by atoms with Gasteiger partial charge in [0.2, 0.25) is 0 Å². The Labute approximate surface area is 890 Å². The van der Waals surface area contributed by atoms with Crippen LogP contribution in [0.4, 0.5) is 0 Å². The number of aliphatic hydroxyl groups excluding tert-OH is 3. The van der Waals surface area contributed by atoms with E-state index in [-0.39, 0.29) is 126 Å². The smallest absolute Gasteiger partial charge is 0.335 e. The Hall–Kier alpha value is -10.3. The summed E-state index contributed by atoms with van der Waals surface area (Å²) in [6.07, 6.45) is 12.3. The first-order valence-electron chi connectivity index (χ1n) is 45.5. The van der Waals surface area contributed by atoms with Gasteiger partial charge in [-0.15, -0.1) is 0 Å². The molecule has 12 aromatic rings. The Balaban J connectivity index is 0.000000160. The number of ketones is 1. The van der Waals surface area contributed by atoms with Crippen molar-refractivity contribution in [2.24, 2.45) is 51.1 Å². The van der Waals surface area contributed by atoms with E-state index in [1.54, 1.807) is 94.0 Å². The summed E-state index contributed by atoms with van der Waals surface area (Å²) in [5, 5.41) is 29.6. The Morgan fingerprint density at radius 1 is 0.434 bits per heavy atom. The van der Waals surface area contributed by atoms with Crippen LogP contribution in [0.5, 0.6) is 0 Å². The standard InChI is InChI=1S/C32H31IN2O5.C25H25IN2O4.C21H24O3.C11H13IN2O4.C11H7IN2O3.C4H3IN2O2.CH4.H3N.H2O/c33-26(30(34)37)18-35(31(38)29(36)24-14-8-3-9-15-24)27-16-28(40-20-23-12-6-2-7-13-23)32(17-25(27)32)21-39-19-22-10-4-1-5-11-22;26-20-13-28(24(30)27-23(20)29)21-11-22(32-15-18-9-5-2-6-10-18)25(12-19(21)25)16-31-14-17-7-3-1-4-8-17;22-19-11-20(24-14-17-9-5-2-6-10-17)21(12-18(19)21)15-23-13-16-7-3-1-4-8-16;12-6-3-14(10(18)13-9(6)17)7-1-8(16)11(4-15)2-5(7)11;12-8-6-13-11(17)14(10(8)16)9(15)7-4-2-1-3-5-7;5-2-1-6-4(9)7-3(2)8;;;/h1-15,18,25,27-28H,16-17,19-21H2,(H2,34,37);1-10,13,19,21-22H,11-12,14-16H2,(H,27,29,30);1-10,18-20,22H,11-15H2;3,5,7-8,15-16H,1-2,4H2,(H,13,17,18);1-6H,(H,13,17);1H,(H2,6,7,8,9);1H4;1H3;1H2/b26-18+;;;;;;;;/t25-,27+,28+,32-;19-,21+,22+,25-;18-,19-,20+,21-;5-,7+,8+,11-;;;;;/m1111...../s1. The molecule has 0 saturated heterocycles. The van der Waals surface area contributed by atoms with Crippen LogP contribution in [0.2, 0.25) is 0 Å². The van der Waals surface area contributed by atoms with E-state index < -0.39 is 57.7 Å². The molecule has 8 aromatic carbocycles. The minimum absolute atomic E-state index is 0. The first kappa shape index (κ1) is 111. The molecule has 15 N–H and O–H groups in total.